The minimum Gasteiger partial charge on any atom is -0.367 e. The molecule has 192 valence electrons. The van der Waals surface area contributed by atoms with Gasteiger partial charge in [0.15, 0.2) is 5.65 Å². The molecule has 1 aromatic carbocycles. The zero-order valence-corrected chi connectivity index (χ0v) is 22.1. The van der Waals surface area contributed by atoms with Gasteiger partial charge >= 0.3 is 0 Å². The number of aryl methyl sites for hydroxylation is 1. The van der Waals surface area contributed by atoms with E-state index in [2.05, 4.69) is 15.9 Å². The van der Waals surface area contributed by atoms with E-state index >= 15 is 0 Å². The number of piperidine rings is 1. The average Bonchev–Trinajstić information content (AvgIpc) is 3.20. The lowest BCUT2D eigenvalue weighted by Crippen LogP contribution is -2.44. The van der Waals surface area contributed by atoms with Crippen LogP contribution in [0, 0.1) is 6.92 Å². The fraction of sp³-hybridized carbons (Fsp3) is 0.440. The molecule has 1 saturated heterocycles. The van der Waals surface area contributed by atoms with Crippen LogP contribution >= 0.6 is 11.6 Å². The van der Waals surface area contributed by atoms with Crippen LogP contribution in [0.3, 0.4) is 0 Å². The molecule has 5 rings (SSSR count). The molecule has 9 nitrogen and oxygen atoms in total. The number of halogens is 1. The van der Waals surface area contributed by atoms with Crippen molar-refractivity contribution in [1.82, 2.24) is 19.5 Å². The molecular formula is C25H32ClN7O2S. The number of carbonyl (C=O) groups excluding carboxylic acids is 1. The molecule has 2 atom stereocenters. The number of amides is 1. The largest absolute Gasteiger partial charge is 0.367 e. The number of anilines is 2. The lowest BCUT2D eigenvalue weighted by molar-refractivity contribution is 0.0607. The van der Waals surface area contributed by atoms with E-state index in [1.807, 2.05) is 24.1 Å². The first-order valence-corrected chi connectivity index (χ1v) is 14.7. The molecule has 11 heteroatoms. The van der Waals surface area contributed by atoms with Crippen molar-refractivity contribution in [2.24, 2.45) is 5.73 Å². The second-order valence-electron chi connectivity index (χ2n) is 10.0. The number of fused-ring (bicyclic) bond motifs is 1. The number of carbonyl (C=O) groups is 1. The van der Waals surface area contributed by atoms with E-state index in [0.717, 1.165) is 54.8 Å². The van der Waals surface area contributed by atoms with Gasteiger partial charge in [0.05, 0.1) is 23.0 Å². The second-order valence-corrected chi connectivity index (χ2v) is 12.7. The quantitative estimate of drug-likeness (QED) is 0.420. The molecule has 3 heterocycles. The molecule has 4 N–H and O–H groups in total. The Morgan fingerprint density at radius 3 is 2.78 bits per heavy atom. The first kappa shape index (κ1) is 24.9. The van der Waals surface area contributed by atoms with Crippen LogP contribution in [-0.2, 0) is 9.71 Å². The Hall–Kier alpha value is -2.82. The molecular weight excluding hydrogens is 498 g/mol. The van der Waals surface area contributed by atoms with Crippen LogP contribution in [0.1, 0.15) is 59.8 Å². The molecule has 1 aliphatic carbocycles. The molecule has 1 amide bonds. The zero-order chi connectivity index (χ0) is 25.6. The van der Waals surface area contributed by atoms with Crippen molar-refractivity contribution in [3.63, 3.8) is 0 Å². The number of hydrogen-bond acceptors (Lipinski definition) is 6. The van der Waals surface area contributed by atoms with Crippen LogP contribution in [-0.4, -0.2) is 60.4 Å². The van der Waals surface area contributed by atoms with Crippen LogP contribution in [0.2, 0.25) is 5.02 Å². The highest BCUT2D eigenvalue weighted by molar-refractivity contribution is 8.00. The van der Waals surface area contributed by atoms with Crippen molar-refractivity contribution in [2.45, 2.75) is 57.2 Å². The summed E-state index contributed by atoms with van der Waals surface area (Å²) in [6.07, 6.45) is 8.03. The van der Waals surface area contributed by atoms with Crippen LogP contribution in [0.25, 0.3) is 5.65 Å². The first-order valence-electron chi connectivity index (χ1n) is 12.2. The van der Waals surface area contributed by atoms with E-state index in [1.165, 1.54) is 6.26 Å². The highest BCUT2D eigenvalue weighted by Crippen LogP contribution is 2.34. The Morgan fingerprint density at radius 1 is 1.28 bits per heavy atom. The van der Waals surface area contributed by atoms with Gasteiger partial charge in [0.2, 0.25) is 0 Å². The van der Waals surface area contributed by atoms with E-state index in [0.29, 0.717) is 28.9 Å². The van der Waals surface area contributed by atoms with Gasteiger partial charge in [0, 0.05) is 57.4 Å². The molecule has 2 fully saturated rings. The molecule has 0 bridgehead atoms. The van der Waals surface area contributed by atoms with Gasteiger partial charge in [-0.3, -0.25) is 4.79 Å². The lowest BCUT2D eigenvalue weighted by Gasteiger charge is -2.35. The average molecular weight is 530 g/mol. The van der Waals surface area contributed by atoms with Crippen molar-refractivity contribution in [1.29, 1.82) is 0 Å². The van der Waals surface area contributed by atoms with Crippen molar-refractivity contribution >= 4 is 50.2 Å². The summed E-state index contributed by atoms with van der Waals surface area (Å²) >= 11 is 6.24. The molecule has 0 spiro atoms. The first-order chi connectivity index (χ1) is 17.1. The highest BCUT2D eigenvalue weighted by Gasteiger charge is 2.32. The summed E-state index contributed by atoms with van der Waals surface area (Å²) in [5, 5.41) is 8.73. The zero-order valence-electron chi connectivity index (χ0n) is 20.5. The van der Waals surface area contributed by atoms with Gasteiger partial charge in [-0.05, 0) is 63.1 Å². The van der Waals surface area contributed by atoms with Gasteiger partial charge in [-0.25, -0.2) is 13.7 Å². The number of nitrogens with zero attached hydrogens (tertiary/aromatic N) is 4. The van der Waals surface area contributed by atoms with Crippen molar-refractivity contribution in [3.05, 3.63) is 52.3 Å². The number of nitrogens with two attached hydrogens (primary N) is 1. The van der Waals surface area contributed by atoms with E-state index in [-0.39, 0.29) is 18.0 Å². The van der Waals surface area contributed by atoms with Crippen molar-refractivity contribution in [3.8, 4) is 0 Å². The Bertz CT molecular complexity index is 1420. The minimum atomic E-state index is -2.58. The van der Waals surface area contributed by atoms with Gasteiger partial charge < -0.3 is 20.7 Å². The number of likely N-dealkylation sites (tertiary alicyclic amines) is 1. The third kappa shape index (κ3) is 5.16. The number of nitrogens with one attached hydrogen (secondary N) is 2. The van der Waals surface area contributed by atoms with Gasteiger partial charge in [-0.15, -0.1) is 0 Å². The summed E-state index contributed by atoms with van der Waals surface area (Å²) in [6.45, 7) is 2.60. The van der Waals surface area contributed by atoms with Crippen LogP contribution < -0.4 is 15.8 Å². The Morgan fingerprint density at radius 2 is 2.06 bits per heavy atom. The summed E-state index contributed by atoms with van der Waals surface area (Å²) in [5.74, 6) is 4.32. The maximum atomic E-state index is 13.8. The van der Waals surface area contributed by atoms with Gasteiger partial charge in [0.1, 0.15) is 5.82 Å². The fourth-order valence-electron chi connectivity index (χ4n) is 4.96. The van der Waals surface area contributed by atoms with Crippen molar-refractivity contribution < 1.29 is 9.00 Å². The Balaban J connectivity index is 1.45. The monoisotopic (exact) mass is 529 g/mol. The fourth-order valence-corrected chi connectivity index (χ4v) is 5.78. The standard InChI is InChI=1S/C25H32ClN7O2S/c1-15-14-33-23(29-24(15)28-18-11-17(27)12-18)13-21(30-33)22-6-4-5-9-32(22)25(34)19-10-16(26)7-8-20(19)31-36(2,3)35/h7-8,10,13-14,17-18,22H,2,4-6,9,11-12,27H2,1,3H3,(H,28,29)(H,31,35)/t17?,18?,22-,36?/m0/s1. The summed E-state index contributed by atoms with van der Waals surface area (Å²) in [5.41, 5.74) is 9.28. The summed E-state index contributed by atoms with van der Waals surface area (Å²) in [6, 6.07) is 7.31. The predicted octanol–water partition coefficient (Wildman–Crippen LogP) is 3.63. The van der Waals surface area contributed by atoms with E-state index in [9.17, 15) is 9.00 Å². The maximum absolute atomic E-state index is 13.8. The molecule has 2 aliphatic rings. The molecule has 1 saturated carbocycles. The summed E-state index contributed by atoms with van der Waals surface area (Å²) in [7, 11) is -2.58. The van der Waals surface area contributed by atoms with E-state index < -0.39 is 9.71 Å². The Kier molecular flexibility index (Phi) is 6.61. The van der Waals surface area contributed by atoms with Crippen molar-refractivity contribution in [2.75, 3.05) is 22.8 Å². The second kappa shape index (κ2) is 9.57. The lowest BCUT2D eigenvalue weighted by atomic mass is 9.87. The summed E-state index contributed by atoms with van der Waals surface area (Å²) < 4.78 is 17.0. The van der Waals surface area contributed by atoms with Gasteiger partial charge in [0.25, 0.3) is 5.91 Å². The highest BCUT2D eigenvalue weighted by atomic mass is 35.5. The smallest absolute Gasteiger partial charge is 0.256 e. The van der Waals surface area contributed by atoms with Crippen LogP contribution in [0.5, 0.6) is 0 Å². The molecule has 1 unspecified atom stereocenters. The summed E-state index contributed by atoms with van der Waals surface area (Å²) in [4.78, 5) is 20.4. The molecule has 0 radical (unpaired) electrons. The SMILES string of the molecule is C=S(C)(=O)Nc1ccc(Cl)cc1C(=O)N1CCCC[C@H]1c1cc2nc(NC3CC(N)C3)c(C)cn2n1. The predicted molar refractivity (Wildman–Crippen MR) is 146 cm³/mol. The van der Waals surface area contributed by atoms with Crippen LogP contribution in [0.15, 0.2) is 30.5 Å². The molecule has 2 aromatic heterocycles. The topological polar surface area (TPSA) is 118 Å². The minimum absolute atomic E-state index is 0.182. The maximum Gasteiger partial charge on any atom is 0.256 e. The number of benzene rings is 1. The van der Waals surface area contributed by atoms with E-state index in [1.54, 1.807) is 22.7 Å². The van der Waals surface area contributed by atoms with Gasteiger partial charge in [-0.2, -0.15) is 5.10 Å². The molecule has 36 heavy (non-hydrogen) atoms. The van der Waals surface area contributed by atoms with Crippen LogP contribution in [0.4, 0.5) is 11.5 Å². The van der Waals surface area contributed by atoms with Gasteiger partial charge in [-0.1, -0.05) is 11.6 Å². The Labute approximate surface area is 216 Å². The molecule has 3 aromatic rings. The number of rotatable bonds is 6. The van der Waals surface area contributed by atoms with E-state index in [4.69, 9.17) is 27.4 Å². The number of aromatic nitrogens is 3. The third-order valence-electron chi connectivity index (χ3n) is 6.81. The number of hydrogen-bond donors (Lipinski definition) is 3. The molecule has 1 aliphatic heterocycles. The normalized spacial score (nSPS) is 23.7. The third-order valence-corrected chi connectivity index (χ3v) is 7.70.